The predicted molar refractivity (Wildman–Crippen MR) is 103 cm³/mol. The predicted octanol–water partition coefficient (Wildman–Crippen LogP) is 3.47. The molecule has 0 saturated heterocycles. The molecule has 0 aromatic heterocycles. The van der Waals surface area contributed by atoms with Gasteiger partial charge in [-0.25, -0.2) is 18.0 Å². The number of unbranched alkanes of at least 4 members (excludes halogenated alkanes) is 4. The van der Waals surface area contributed by atoms with Crippen molar-refractivity contribution < 1.29 is 27.5 Å². The van der Waals surface area contributed by atoms with Crippen molar-refractivity contribution >= 4 is 21.8 Å². The number of carbonyl (C=O) groups is 2. The van der Waals surface area contributed by atoms with Crippen LogP contribution in [0.2, 0.25) is 0 Å². The van der Waals surface area contributed by atoms with E-state index >= 15 is 0 Å². The van der Waals surface area contributed by atoms with Gasteiger partial charge in [0.1, 0.15) is 0 Å². The normalized spacial score (nSPS) is 11.4. The van der Waals surface area contributed by atoms with Gasteiger partial charge in [-0.1, -0.05) is 44.7 Å². The maximum absolute atomic E-state index is 12.8. The van der Waals surface area contributed by atoms with E-state index in [1.807, 2.05) is 0 Å². The summed E-state index contributed by atoms with van der Waals surface area (Å²) < 4.78 is 35.2. The molecule has 0 aliphatic rings. The number of hydrogen-bond acceptors (Lipinski definition) is 6. The molecule has 0 N–H and O–H groups in total. The number of benzene rings is 1. The third-order valence-electron chi connectivity index (χ3n) is 4.13. The molecule has 1 aromatic carbocycles. The van der Waals surface area contributed by atoms with Crippen LogP contribution in [0.25, 0.3) is 0 Å². The minimum absolute atomic E-state index is 0.0266. The zero-order chi connectivity index (χ0) is 20.3. The second-order valence-corrected chi connectivity index (χ2v) is 8.27. The van der Waals surface area contributed by atoms with E-state index in [1.54, 1.807) is 26.0 Å². The Labute approximate surface area is 162 Å². The van der Waals surface area contributed by atoms with Crippen molar-refractivity contribution in [3.05, 3.63) is 29.8 Å². The molecule has 0 unspecified atom stereocenters. The molecule has 152 valence electrons. The first kappa shape index (κ1) is 23.1. The molecule has 0 bridgehead atoms. The van der Waals surface area contributed by atoms with Crippen LogP contribution in [0.3, 0.4) is 0 Å². The average Bonchev–Trinajstić information content (AvgIpc) is 2.62. The number of aryl methyl sites for hydroxylation is 1. The summed E-state index contributed by atoms with van der Waals surface area (Å²) in [5.41, 5.74) is 1.02. The van der Waals surface area contributed by atoms with E-state index in [0.717, 1.165) is 24.8 Å². The molecule has 7 heteroatoms. The third-order valence-corrected chi connectivity index (χ3v) is 6.07. The molecule has 0 aliphatic carbocycles. The number of rotatable bonds is 12. The van der Waals surface area contributed by atoms with Gasteiger partial charge in [0, 0.05) is 0 Å². The van der Waals surface area contributed by atoms with Crippen LogP contribution >= 0.6 is 0 Å². The number of hydrogen-bond donors (Lipinski definition) is 0. The Morgan fingerprint density at radius 3 is 1.85 bits per heavy atom. The van der Waals surface area contributed by atoms with Crippen LogP contribution in [0.4, 0.5) is 0 Å². The highest BCUT2D eigenvalue weighted by molar-refractivity contribution is 7.93. The van der Waals surface area contributed by atoms with Gasteiger partial charge < -0.3 is 9.47 Å². The Bertz CT molecular complexity index is 676. The van der Waals surface area contributed by atoms with Gasteiger partial charge in [-0.3, -0.25) is 0 Å². The first-order valence-electron chi connectivity index (χ1n) is 9.54. The maximum atomic E-state index is 12.8. The second-order valence-electron chi connectivity index (χ2n) is 6.24. The standard InChI is InChI=1S/C20H30O6S/c1-4-7-8-9-10-11-16-12-14-17(15-13-16)27(23,24)18(19(21)25-5-2)20(22)26-6-3/h12-15,18H,4-11H2,1-3H3. The molecule has 0 heterocycles. The summed E-state index contributed by atoms with van der Waals surface area (Å²) in [6.07, 6.45) is 6.66. The van der Waals surface area contributed by atoms with Gasteiger partial charge in [0.05, 0.1) is 18.1 Å². The van der Waals surface area contributed by atoms with Crippen molar-refractivity contribution in [3.8, 4) is 0 Å². The minimum atomic E-state index is -4.24. The molecule has 0 radical (unpaired) electrons. The molecule has 27 heavy (non-hydrogen) atoms. The van der Waals surface area contributed by atoms with E-state index in [2.05, 4.69) is 6.92 Å². The van der Waals surface area contributed by atoms with E-state index < -0.39 is 27.0 Å². The smallest absolute Gasteiger partial charge is 0.336 e. The molecule has 0 fully saturated rings. The van der Waals surface area contributed by atoms with E-state index in [4.69, 9.17) is 9.47 Å². The fraction of sp³-hybridized carbons (Fsp3) is 0.600. The van der Waals surface area contributed by atoms with Gasteiger partial charge in [-0.2, -0.15) is 0 Å². The summed E-state index contributed by atoms with van der Waals surface area (Å²) in [4.78, 5) is 24.0. The van der Waals surface area contributed by atoms with Gasteiger partial charge in [-0.05, 0) is 44.4 Å². The van der Waals surface area contributed by atoms with Crippen LogP contribution in [0.1, 0.15) is 58.4 Å². The van der Waals surface area contributed by atoms with E-state index in [-0.39, 0.29) is 18.1 Å². The summed E-state index contributed by atoms with van der Waals surface area (Å²) in [6.45, 7) is 5.20. The highest BCUT2D eigenvalue weighted by Crippen LogP contribution is 2.20. The molecule has 0 saturated carbocycles. The number of ether oxygens (including phenoxy) is 2. The fourth-order valence-electron chi connectivity index (χ4n) is 2.70. The van der Waals surface area contributed by atoms with Gasteiger partial charge in [0.25, 0.3) is 5.25 Å². The lowest BCUT2D eigenvalue weighted by Gasteiger charge is -2.15. The van der Waals surface area contributed by atoms with Crippen LogP contribution in [0, 0.1) is 0 Å². The molecule has 6 nitrogen and oxygen atoms in total. The minimum Gasteiger partial charge on any atom is -0.465 e. The first-order chi connectivity index (χ1) is 12.9. The first-order valence-corrected chi connectivity index (χ1v) is 11.1. The largest absolute Gasteiger partial charge is 0.465 e. The van der Waals surface area contributed by atoms with Gasteiger partial charge >= 0.3 is 11.9 Å². The Hall–Kier alpha value is -1.89. The van der Waals surface area contributed by atoms with Crippen LogP contribution in [-0.4, -0.2) is 38.8 Å². The van der Waals surface area contributed by atoms with Gasteiger partial charge in [0.2, 0.25) is 9.84 Å². The molecule has 1 aromatic rings. The molecule has 0 spiro atoms. The average molecular weight is 399 g/mol. The van der Waals surface area contributed by atoms with Crippen molar-refractivity contribution in [3.63, 3.8) is 0 Å². The lowest BCUT2D eigenvalue weighted by molar-refractivity contribution is -0.153. The molecule has 0 amide bonds. The topological polar surface area (TPSA) is 86.7 Å². The van der Waals surface area contributed by atoms with Crippen LogP contribution in [0.15, 0.2) is 29.2 Å². The SMILES string of the molecule is CCCCCCCc1ccc(S(=O)(=O)C(C(=O)OCC)C(=O)OCC)cc1. The van der Waals surface area contributed by atoms with Crippen molar-refractivity contribution in [2.24, 2.45) is 0 Å². The summed E-state index contributed by atoms with van der Waals surface area (Å²) in [5, 5.41) is -2.00. The Morgan fingerprint density at radius 1 is 0.852 bits per heavy atom. The highest BCUT2D eigenvalue weighted by Gasteiger charge is 2.43. The van der Waals surface area contributed by atoms with E-state index in [9.17, 15) is 18.0 Å². The van der Waals surface area contributed by atoms with Crippen LogP contribution in [-0.2, 0) is 35.3 Å². The third kappa shape index (κ3) is 6.97. The van der Waals surface area contributed by atoms with E-state index in [0.29, 0.717) is 0 Å². The van der Waals surface area contributed by atoms with Gasteiger partial charge in [-0.15, -0.1) is 0 Å². The van der Waals surface area contributed by atoms with Crippen molar-refractivity contribution in [1.82, 2.24) is 0 Å². The lowest BCUT2D eigenvalue weighted by atomic mass is 10.1. The van der Waals surface area contributed by atoms with E-state index in [1.165, 1.54) is 31.4 Å². The Morgan fingerprint density at radius 2 is 1.37 bits per heavy atom. The second kappa shape index (κ2) is 11.7. The van der Waals surface area contributed by atoms with Crippen molar-refractivity contribution in [2.75, 3.05) is 13.2 Å². The maximum Gasteiger partial charge on any atom is 0.336 e. The number of carbonyl (C=O) groups excluding carboxylic acids is 2. The fourth-order valence-corrected chi connectivity index (χ4v) is 4.13. The summed E-state index contributed by atoms with van der Waals surface area (Å²) in [5.74, 6) is -2.23. The molecule has 0 aliphatic heterocycles. The summed E-state index contributed by atoms with van der Waals surface area (Å²) >= 11 is 0. The van der Waals surface area contributed by atoms with Crippen molar-refractivity contribution in [2.45, 2.75) is 69.4 Å². The van der Waals surface area contributed by atoms with Crippen LogP contribution in [0.5, 0.6) is 0 Å². The van der Waals surface area contributed by atoms with Crippen LogP contribution < -0.4 is 0 Å². The molecular formula is C20H30O6S. The molecule has 1 rings (SSSR count). The number of sulfone groups is 1. The molecular weight excluding hydrogens is 368 g/mol. The quantitative estimate of drug-likeness (QED) is 0.304. The molecule has 0 atom stereocenters. The lowest BCUT2D eigenvalue weighted by Crippen LogP contribution is -2.40. The number of esters is 2. The van der Waals surface area contributed by atoms with Gasteiger partial charge in [0.15, 0.2) is 0 Å². The summed E-state index contributed by atoms with van der Waals surface area (Å²) in [7, 11) is -4.24. The monoisotopic (exact) mass is 398 g/mol. The Balaban J connectivity index is 2.92. The Kier molecular flexibility index (Phi) is 10.1. The van der Waals surface area contributed by atoms with Crippen molar-refractivity contribution in [1.29, 1.82) is 0 Å². The zero-order valence-electron chi connectivity index (χ0n) is 16.4. The highest BCUT2D eigenvalue weighted by atomic mass is 32.2. The zero-order valence-corrected chi connectivity index (χ0v) is 17.2. The summed E-state index contributed by atoms with van der Waals surface area (Å²) in [6, 6.07) is 6.31.